The van der Waals surface area contributed by atoms with Crippen molar-refractivity contribution in [2.24, 2.45) is 0 Å². The first kappa shape index (κ1) is 23.2. The van der Waals surface area contributed by atoms with Crippen molar-refractivity contribution in [3.05, 3.63) is 59.7 Å². The fraction of sp³-hybridized carbons (Fsp3) is 0.400. The first-order valence-corrected chi connectivity index (χ1v) is 12.3. The van der Waals surface area contributed by atoms with Crippen LogP contribution in [0.1, 0.15) is 37.3 Å². The number of hydrogen-bond acceptors (Lipinski definition) is 6. The molecule has 33 heavy (non-hydrogen) atoms. The van der Waals surface area contributed by atoms with Crippen molar-refractivity contribution in [2.75, 3.05) is 25.1 Å². The molecule has 1 aromatic heterocycles. The Kier molecular flexibility index (Phi) is 7.54. The highest BCUT2D eigenvalue weighted by Crippen LogP contribution is 2.30. The molecule has 1 fully saturated rings. The van der Waals surface area contributed by atoms with Gasteiger partial charge in [-0.3, -0.25) is 9.36 Å². The lowest BCUT2D eigenvalue weighted by atomic mass is 10.1. The van der Waals surface area contributed by atoms with Crippen LogP contribution < -0.4 is 15.0 Å². The van der Waals surface area contributed by atoms with Crippen LogP contribution in [0.4, 0.5) is 5.95 Å². The SMILES string of the molecule is COc1ccccc1CNC(=O)C(C)Sc1nnc(N2CCCCC2)n1-c1ccc(C)cc1. The molecule has 1 N–H and O–H groups in total. The largest absolute Gasteiger partial charge is 0.496 e. The predicted molar refractivity (Wildman–Crippen MR) is 132 cm³/mol. The Bertz CT molecular complexity index is 1080. The van der Waals surface area contributed by atoms with Crippen LogP contribution in [0.2, 0.25) is 0 Å². The number of aromatic nitrogens is 3. The van der Waals surface area contributed by atoms with Gasteiger partial charge in [-0.25, -0.2) is 0 Å². The third-order valence-electron chi connectivity index (χ3n) is 5.84. The van der Waals surface area contributed by atoms with Crippen LogP contribution in [0, 0.1) is 6.92 Å². The zero-order chi connectivity index (χ0) is 23.2. The highest BCUT2D eigenvalue weighted by molar-refractivity contribution is 8.00. The number of para-hydroxylation sites is 1. The van der Waals surface area contributed by atoms with E-state index in [0.717, 1.165) is 54.0 Å². The molecule has 1 saturated heterocycles. The summed E-state index contributed by atoms with van der Waals surface area (Å²) in [5.74, 6) is 1.56. The minimum Gasteiger partial charge on any atom is -0.496 e. The van der Waals surface area contributed by atoms with E-state index in [-0.39, 0.29) is 11.2 Å². The molecular formula is C25H31N5O2S. The Hall–Kier alpha value is -3.00. The number of anilines is 1. The number of piperidine rings is 1. The number of hydrogen-bond donors (Lipinski definition) is 1. The van der Waals surface area contributed by atoms with Crippen LogP contribution in [-0.2, 0) is 11.3 Å². The molecule has 0 radical (unpaired) electrons. The van der Waals surface area contributed by atoms with E-state index in [0.29, 0.717) is 6.54 Å². The first-order valence-electron chi connectivity index (χ1n) is 11.4. The second-order valence-electron chi connectivity index (χ2n) is 8.29. The maximum absolute atomic E-state index is 12.9. The van der Waals surface area contributed by atoms with Gasteiger partial charge >= 0.3 is 0 Å². The lowest BCUT2D eigenvalue weighted by molar-refractivity contribution is -0.120. The maximum atomic E-state index is 12.9. The third-order valence-corrected chi connectivity index (χ3v) is 6.89. The zero-order valence-electron chi connectivity index (χ0n) is 19.5. The Morgan fingerprint density at radius 2 is 1.82 bits per heavy atom. The summed E-state index contributed by atoms with van der Waals surface area (Å²) in [5, 5.41) is 12.4. The van der Waals surface area contributed by atoms with E-state index in [1.54, 1.807) is 7.11 Å². The summed E-state index contributed by atoms with van der Waals surface area (Å²) in [4.78, 5) is 15.2. The highest BCUT2D eigenvalue weighted by atomic mass is 32.2. The first-order chi connectivity index (χ1) is 16.1. The van der Waals surface area contributed by atoms with Gasteiger partial charge in [-0.05, 0) is 51.3 Å². The van der Waals surface area contributed by atoms with E-state index < -0.39 is 0 Å². The van der Waals surface area contributed by atoms with E-state index in [2.05, 4.69) is 56.2 Å². The summed E-state index contributed by atoms with van der Waals surface area (Å²) < 4.78 is 7.47. The zero-order valence-corrected chi connectivity index (χ0v) is 20.3. The van der Waals surface area contributed by atoms with E-state index in [9.17, 15) is 4.79 Å². The summed E-state index contributed by atoms with van der Waals surface area (Å²) in [6.45, 7) is 6.34. The van der Waals surface area contributed by atoms with Crippen LogP contribution >= 0.6 is 11.8 Å². The number of ether oxygens (including phenoxy) is 1. The molecule has 0 saturated carbocycles. The molecule has 8 heteroatoms. The average Bonchev–Trinajstić information content (AvgIpc) is 3.27. The number of methoxy groups -OCH3 is 1. The van der Waals surface area contributed by atoms with Crippen LogP contribution in [0.3, 0.4) is 0 Å². The van der Waals surface area contributed by atoms with Crippen LogP contribution in [0.5, 0.6) is 5.75 Å². The number of benzene rings is 2. The molecule has 1 amide bonds. The minimum atomic E-state index is -0.331. The number of thioether (sulfide) groups is 1. The quantitative estimate of drug-likeness (QED) is 0.498. The number of carbonyl (C=O) groups is 1. The molecule has 1 aliphatic rings. The molecule has 0 aliphatic carbocycles. The second-order valence-corrected chi connectivity index (χ2v) is 9.60. The van der Waals surface area contributed by atoms with Gasteiger partial charge in [0.25, 0.3) is 0 Å². The Labute approximate surface area is 199 Å². The number of nitrogens with one attached hydrogen (secondary N) is 1. The van der Waals surface area contributed by atoms with Gasteiger partial charge in [-0.1, -0.05) is 47.7 Å². The average molecular weight is 466 g/mol. The highest BCUT2D eigenvalue weighted by Gasteiger charge is 2.24. The van der Waals surface area contributed by atoms with Gasteiger partial charge in [0.05, 0.1) is 18.0 Å². The summed E-state index contributed by atoms with van der Waals surface area (Å²) in [6, 6.07) is 16.1. The molecule has 1 atom stereocenters. The van der Waals surface area contributed by atoms with E-state index >= 15 is 0 Å². The number of aryl methyl sites for hydroxylation is 1. The minimum absolute atomic E-state index is 0.0520. The van der Waals surface area contributed by atoms with Gasteiger partial charge in [-0.2, -0.15) is 0 Å². The Morgan fingerprint density at radius 1 is 1.09 bits per heavy atom. The van der Waals surface area contributed by atoms with Crippen molar-refractivity contribution >= 4 is 23.6 Å². The normalized spacial score (nSPS) is 14.7. The van der Waals surface area contributed by atoms with Crippen LogP contribution in [-0.4, -0.2) is 46.1 Å². The molecule has 2 aromatic carbocycles. The summed E-state index contributed by atoms with van der Waals surface area (Å²) in [6.07, 6.45) is 3.57. The van der Waals surface area contributed by atoms with Gasteiger partial charge in [0.1, 0.15) is 5.75 Å². The molecule has 3 aromatic rings. The predicted octanol–water partition coefficient (Wildman–Crippen LogP) is 4.37. The number of amides is 1. The van der Waals surface area contributed by atoms with Crippen molar-refractivity contribution in [1.29, 1.82) is 0 Å². The fourth-order valence-electron chi connectivity index (χ4n) is 3.94. The lowest BCUT2D eigenvalue weighted by Gasteiger charge is -2.28. The molecule has 2 heterocycles. The lowest BCUT2D eigenvalue weighted by Crippen LogP contribution is -2.32. The molecule has 0 spiro atoms. The standard InChI is InChI=1S/C25H31N5O2S/c1-18-11-13-21(14-12-18)30-24(29-15-7-4-8-16-29)27-28-25(30)33-19(2)23(31)26-17-20-9-5-6-10-22(20)32-3/h5-6,9-14,19H,4,7-8,15-17H2,1-3H3,(H,26,31). The van der Waals surface area contributed by atoms with Gasteiger partial charge in [-0.15, -0.1) is 10.2 Å². The molecule has 1 unspecified atom stereocenters. The number of nitrogens with zero attached hydrogens (tertiary/aromatic N) is 4. The maximum Gasteiger partial charge on any atom is 0.233 e. The monoisotopic (exact) mass is 465 g/mol. The van der Waals surface area contributed by atoms with E-state index in [1.165, 1.54) is 23.7 Å². The molecule has 0 bridgehead atoms. The number of rotatable bonds is 8. The fourth-order valence-corrected chi connectivity index (χ4v) is 4.83. The van der Waals surface area contributed by atoms with Crippen LogP contribution in [0.15, 0.2) is 53.7 Å². The van der Waals surface area contributed by atoms with E-state index in [1.807, 2.05) is 31.2 Å². The van der Waals surface area contributed by atoms with Gasteiger partial charge in [0.2, 0.25) is 11.9 Å². The van der Waals surface area contributed by atoms with Crippen molar-refractivity contribution < 1.29 is 9.53 Å². The van der Waals surface area contributed by atoms with Crippen molar-refractivity contribution in [1.82, 2.24) is 20.1 Å². The second kappa shape index (κ2) is 10.7. The summed E-state index contributed by atoms with van der Waals surface area (Å²) in [5.41, 5.74) is 3.15. The van der Waals surface area contributed by atoms with Crippen molar-refractivity contribution in [3.8, 4) is 11.4 Å². The van der Waals surface area contributed by atoms with Crippen molar-refractivity contribution in [2.45, 2.75) is 50.1 Å². The molecule has 1 aliphatic heterocycles. The van der Waals surface area contributed by atoms with E-state index in [4.69, 9.17) is 4.74 Å². The Balaban J connectivity index is 1.52. The molecule has 7 nitrogen and oxygen atoms in total. The topological polar surface area (TPSA) is 72.3 Å². The van der Waals surface area contributed by atoms with Crippen LogP contribution in [0.25, 0.3) is 5.69 Å². The van der Waals surface area contributed by atoms with Crippen molar-refractivity contribution in [3.63, 3.8) is 0 Å². The molecule has 4 rings (SSSR count). The third kappa shape index (κ3) is 5.50. The summed E-state index contributed by atoms with van der Waals surface area (Å²) in [7, 11) is 1.64. The van der Waals surface area contributed by atoms with Gasteiger partial charge < -0.3 is 15.0 Å². The van der Waals surface area contributed by atoms with Gasteiger partial charge in [0.15, 0.2) is 5.16 Å². The smallest absolute Gasteiger partial charge is 0.233 e. The number of carbonyl (C=O) groups excluding carboxylic acids is 1. The van der Waals surface area contributed by atoms with Gasteiger partial charge in [0, 0.05) is 25.2 Å². The Morgan fingerprint density at radius 3 is 2.55 bits per heavy atom. The summed E-state index contributed by atoms with van der Waals surface area (Å²) >= 11 is 1.43. The molecule has 174 valence electrons. The molecular weight excluding hydrogens is 434 g/mol.